The van der Waals surface area contributed by atoms with Gasteiger partial charge in [-0.2, -0.15) is 0 Å². The molecule has 0 aliphatic carbocycles. The molecule has 0 atom stereocenters. The maximum atomic E-state index is 5.55. The predicted octanol–water partition coefficient (Wildman–Crippen LogP) is 2.76. The van der Waals surface area contributed by atoms with Crippen molar-refractivity contribution in [1.29, 1.82) is 0 Å². The summed E-state index contributed by atoms with van der Waals surface area (Å²) in [5.74, 6) is 1.49. The summed E-state index contributed by atoms with van der Waals surface area (Å²) in [4.78, 5) is 11.4. The maximum absolute atomic E-state index is 5.55. The van der Waals surface area contributed by atoms with Gasteiger partial charge in [-0.3, -0.25) is 0 Å². The van der Waals surface area contributed by atoms with Gasteiger partial charge in [-0.1, -0.05) is 39.9 Å². The van der Waals surface area contributed by atoms with E-state index in [0.717, 1.165) is 25.2 Å². The minimum atomic E-state index is 0.289. The molecule has 0 unspecified atom stereocenters. The fraction of sp³-hybridized carbons (Fsp3) is 0.643. The first-order valence-corrected chi connectivity index (χ1v) is 7.28. The molecule has 0 aliphatic heterocycles. The summed E-state index contributed by atoms with van der Waals surface area (Å²) in [6.07, 6.45) is 5.63. The zero-order valence-corrected chi connectivity index (χ0v) is 13.1. The average molecular weight is 280 g/mol. The summed E-state index contributed by atoms with van der Waals surface area (Å²) in [6, 6.07) is 0.493. The number of hydrogen-bond donors (Lipinski definition) is 1. The molecule has 4 nitrogen and oxygen atoms in total. The van der Waals surface area contributed by atoms with Crippen molar-refractivity contribution in [3.8, 4) is 0 Å². The zero-order valence-electron chi connectivity index (χ0n) is 12.3. The molecule has 1 aromatic rings. The third-order valence-corrected chi connectivity index (χ3v) is 3.34. The van der Waals surface area contributed by atoms with Gasteiger partial charge < -0.3 is 10.6 Å². The number of aromatic nitrogens is 2. The molecular weight excluding hydrogens is 256 g/mol. The van der Waals surface area contributed by atoms with Crippen LogP contribution in [-0.4, -0.2) is 27.5 Å². The number of nitrogens with two attached hydrogens (primary N) is 1. The molecular formula is C14H24N4S. The van der Waals surface area contributed by atoms with Crippen LogP contribution in [0.5, 0.6) is 0 Å². The van der Waals surface area contributed by atoms with E-state index in [-0.39, 0.29) is 4.99 Å². The van der Waals surface area contributed by atoms with Gasteiger partial charge in [0, 0.05) is 12.6 Å². The molecule has 5 heteroatoms. The molecule has 0 radical (unpaired) electrons. The van der Waals surface area contributed by atoms with Crippen molar-refractivity contribution in [3.63, 3.8) is 0 Å². The van der Waals surface area contributed by atoms with E-state index in [1.807, 2.05) is 0 Å². The Labute approximate surface area is 121 Å². The van der Waals surface area contributed by atoms with Crippen molar-refractivity contribution >= 4 is 23.0 Å². The van der Waals surface area contributed by atoms with Crippen molar-refractivity contribution in [1.82, 2.24) is 9.97 Å². The molecule has 0 bridgehead atoms. The van der Waals surface area contributed by atoms with Gasteiger partial charge >= 0.3 is 0 Å². The molecule has 1 rings (SSSR count). The summed E-state index contributed by atoms with van der Waals surface area (Å²) in [5, 5.41) is 0. The van der Waals surface area contributed by atoms with E-state index < -0.39 is 0 Å². The van der Waals surface area contributed by atoms with E-state index in [1.165, 1.54) is 0 Å². The monoisotopic (exact) mass is 280 g/mol. The van der Waals surface area contributed by atoms with E-state index in [2.05, 4.69) is 42.6 Å². The van der Waals surface area contributed by atoms with Crippen molar-refractivity contribution in [2.45, 2.75) is 46.6 Å². The van der Waals surface area contributed by atoms with Gasteiger partial charge in [0.25, 0.3) is 0 Å². The fourth-order valence-corrected chi connectivity index (χ4v) is 2.25. The van der Waals surface area contributed by atoms with Gasteiger partial charge in [-0.15, -0.1) is 0 Å². The fourth-order valence-electron chi connectivity index (χ4n) is 2.15. The van der Waals surface area contributed by atoms with Crippen LogP contribution in [-0.2, 0) is 0 Å². The molecule has 0 saturated heterocycles. The van der Waals surface area contributed by atoms with Gasteiger partial charge in [0.15, 0.2) is 0 Å². The second-order valence-electron chi connectivity index (χ2n) is 5.14. The van der Waals surface area contributed by atoms with Crippen LogP contribution in [0.25, 0.3) is 0 Å². The number of anilines is 1. The number of rotatable bonds is 7. The Hall–Kier alpha value is -1.23. The molecule has 1 aromatic heterocycles. The highest BCUT2D eigenvalue weighted by molar-refractivity contribution is 7.80. The Morgan fingerprint density at radius 3 is 2.26 bits per heavy atom. The molecule has 0 saturated carbocycles. The van der Waals surface area contributed by atoms with Gasteiger partial charge in [0.1, 0.15) is 16.5 Å². The Morgan fingerprint density at radius 2 is 1.89 bits per heavy atom. The van der Waals surface area contributed by atoms with E-state index in [1.54, 1.807) is 12.4 Å². The summed E-state index contributed by atoms with van der Waals surface area (Å²) < 4.78 is 0. The summed E-state index contributed by atoms with van der Waals surface area (Å²) in [5.41, 5.74) is 6.12. The van der Waals surface area contributed by atoms with Crippen molar-refractivity contribution < 1.29 is 0 Å². The normalized spacial score (nSPS) is 11.1. The Morgan fingerprint density at radius 1 is 1.26 bits per heavy atom. The Bertz CT molecular complexity index is 398. The molecule has 0 fully saturated rings. The third kappa shape index (κ3) is 4.42. The van der Waals surface area contributed by atoms with Crippen molar-refractivity contribution in [2.75, 3.05) is 11.4 Å². The summed E-state index contributed by atoms with van der Waals surface area (Å²) in [6.45, 7) is 9.82. The van der Waals surface area contributed by atoms with Crippen LogP contribution in [0.1, 0.15) is 46.2 Å². The van der Waals surface area contributed by atoms with Crippen LogP contribution in [0.3, 0.4) is 0 Å². The van der Waals surface area contributed by atoms with E-state index in [4.69, 9.17) is 18.0 Å². The topological polar surface area (TPSA) is 55.0 Å². The van der Waals surface area contributed by atoms with Crippen LogP contribution in [0, 0.1) is 5.92 Å². The van der Waals surface area contributed by atoms with Crippen LogP contribution in [0.4, 0.5) is 5.82 Å². The van der Waals surface area contributed by atoms with E-state index in [0.29, 0.717) is 17.7 Å². The summed E-state index contributed by atoms with van der Waals surface area (Å²) >= 11 is 4.90. The minimum absolute atomic E-state index is 0.289. The minimum Gasteiger partial charge on any atom is -0.388 e. The molecule has 0 aliphatic rings. The number of thiocarbonyl (C=S) groups is 1. The van der Waals surface area contributed by atoms with Crippen LogP contribution in [0.2, 0.25) is 0 Å². The van der Waals surface area contributed by atoms with E-state index >= 15 is 0 Å². The van der Waals surface area contributed by atoms with E-state index in [9.17, 15) is 0 Å². The van der Waals surface area contributed by atoms with Gasteiger partial charge in [0.2, 0.25) is 0 Å². The molecule has 106 valence electrons. The van der Waals surface area contributed by atoms with Crippen LogP contribution >= 0.6 is 12.2 Å². The lowest BCUT2D eigenvalue weighted by atomic mass is 10.1. The lowest BCUT2D eigenvalue weighted by Gasteiger charge is -2.32. The average Bonchev–Trinajstić information content (AvgIpc) is 2.38. The SMILES string of the molecule is CCC(CC)N(CC(C)C)c1cnc(C(N)=S)cn1. The molecule has 0 amide bonds. The zero-order chi connectivity index (χ0) is 14.4. The van der Waals surface area contributed by atoms with Crippen molar-refractivity contribution in [2.24, 2.45) is 11.7 Å². The molecule has 0 spiro atoms. The molecule has 1 heterocycles. The quantitative estimate of drug-likeness (QED) is 0.778. The highest BCUT2D eigenvalue weighted by Crippen LogP contribution is 2.19. The molecule has 0 aromatic carbocycles. The number of nitrogens with zero attached hydrogens (tertiary/aromatic N) is 3. The third-order valence-electron chi connectivity index (χ3n) is 3.13. The first-order valence-electron chi connectivity index (χ1n) is 6.88. The first-order chi connectivity index (χ1) is 8.99. The highest BCUT2D eigenvalue weighted by atomic mass is 32.1. The first kappa shape index (κ1) is 15.8. The predicted molar refractivity (Wildman–Crippen MR) is 84.5 cm³/mol. The van der Waals surface area contributed by atoms with Gasteiger partial charge in [-0.05, 0) is 18.8 Å². The standard InChI is InChI=1S/C14H24N4S/c1-5-11(6-2)18(9-10(3)4)13-8-16-12(7-17-13)14(15)19/h7-8,10-11H,5-6,9H2,1-4H3,(H2,15,19). The van der Waals surface area contributed by atoms with Crippen LogP contribution in [0.15, 0.2) is 12.4 Å². The second kappa shape index (κ2) is 7.38. The van der Waals surface area contributed by atoms with Gasteiger partial charge in [0.05, 0.1) is 12.4 Å². The summed E-state index contributed by atoms with van der Waals surface area (Å²) in [7, 11) is 0. The molecule has 19 heavy (non-hydrogen) atoms. The van der Waals surface area contributed by atoms with Crippen molar-refractivity contribution in [3.05, 3.63) is 18.1 Å². The number of hydrogen-bond acceptors (Lipinski definition) is 4. The second-order valence-corrected chi connectivity index (χ2v) is 5.58. The molecule has 2 N–H and O–H groups in total. The Balaban J connectivity index is 2.99. The lowest BCUT2D eigenvalue weighted by Crippen LogP contribution is -2.38. The van der Waals surface area contributed by atoms with Gasteiger partial charge in [-0.25, -0.2) is 9.97 Å². The maximum Gasteiger partial charge on any atom is 0.147 e. The lowest BCUT2D eigenvalue weighted by molar-refractivity contribution is 0.503. The smallest absolute Gasteiger partial charge is 0.147 e. The van der Waals surface area contributed by atoms with Crippen LogP contribution < -0.4 is 10.6 Å². The largest absolute Gasteiger partial charge is 0.388 e. The Kier molecular flexibility index (Phi) is 6.15. The highest BCUT2D eigenvalue weighted by Gasteiger charge is 2.18.